The normalized spacial score (nSPS) is 20.0. The molecule has 1 fully saturated rings. The van der Waals surface area contributed by atoms with Gasteiger partial charge >= 0.3 is 6.61 Å². The predicted molar refractivity (Wildman–Crippen MR) is 92.7 cm³/mol. The zero-order valence-corrected chi connectivity index (χ0v) is 14.3. The highest BCUT2D eigenvalue weighted by atomic mass is 32.1. The summed E-state index contributed by atoms with van der Waals surface area (Å²) < 4.78 is 29.5. The van der Waals surface area contributed by atoms with E-state index in [4.69, 9.17) is 5.73 Å². The Kier molecular flexibility index (Phi) is 5.60. The van der Waals surface area contributed by atoms with Gasteiger partial charge in [-0.1, -0.05) is 18.6 Å². The maximum absolute atomic E-state index is 12.5. The van der Waals surface area contributed by atoms with Crippen molar-refractivity contribution >= 4 is 22.4 Å². The number of para-hydroxylation sites is 1. The molecule has 1 amide bonds. The van der Waals surface area contributed by atoms with Crippen LogP contribution >= 0.6 is 11.3 Å². The van der Waals surface area contributed by atoms with Crippen molar-refractivity contribution < 1.29 is 18.3 Å². The highest BCUT2D eigenvalue weighted by molar-refractivity contribution is 7.14. The van der Waals surface area contributed by atoms with Crippen LogP contribution in [0.2, 0.25) is 0 Å². The number of hydrogen-bond donors (Lipinski definition) is 2. The summed E-state index contributed by atoms with van der Waals surface area (Å²) >= 11 is 1.24. The quantitative estimate of drug-likeness (QED) is 0.813. The molecule has 0 radical (unpaired) electrons. The number of amides is 1. The molecule has 1 aromatic carbocycles. The van der Waals surface area contributed by atoms with Gasteiger partial charge in [0.2, 0.25) is 5.91 Å². The summed E-state index contributed by atoms with van der Waals surface area (Å²) in [5, 5.41) is 4.89. The van der Waals surface area contributed by atoms with Gasteiger partial charge in [-0.05, 0) is 30.9 Å². The average Bonchev–Trinajstić information content (AvgIpc) is 3.17. The summed E-state index contributed by atoms with van der Waals surface area (Å²) in [5.74, 6) is 0.137. The lowest BCUT2D eigenvalue weighted by atomic mass is 10.00. The number of benzene rings is 1. The molecule has 8 heteroatoms. The van der Waals surface area contributed by atoms with Crippen LogP contribution in [0.3, 0.4) is 0 Å². The molecule has 0 bridgehead atoms. The monoisotopic (exact) mass is 367 g/mol. The van der Waals surface area contributed by atoms with Crippen molar-refractivity contribution in [3.05, 3.63) is 29.6 Å². The number of carbonyl (C=O) groups excluding carboxylic acids is 1. The summed E-state index contributed by atoms with van der Waals surface area (Å²) in [7, 11) is 0. The second-order valence-corrected chi connectivity index (χ2v) is 6.88. The highest BCUT2D eigenvalue weighted by Crippen LogP contribution is 2.33. The maximum Gasteiger partial charge on any atom is 0.387 e. The Bertz CT molecular complexity index is 738. The Labute approximate surface area is 148 Å². The largest absolute Gasteiger partial charge is 0.434 e. The van der Waals surface area contributed by atoms with Gasteiger partial charge in [0.1, 0.15) is 5.75 Å². The number of halogens is 2. The fourth-order valence-corrected chi connectivity index (χ4v) is 3.79. The Balaban J connectivity index is 1.67. The van der Waals surface area contributed by atoms with E-state index in [1.54, 1.807) is 23.6 Å². The second kappa shape index (κ2) is 7.88. The number of carbonyl (C=O) groups is 1. The number of ether oxygens (including phenoxy) is 1. The number of anilines is 1. The van der Waals surface area contributed by atoms with Gasteiger partial charge in [0.25, 0.3) is 0 Å². The van der Waals surface area contributed by atoms with Crippen molar-refractivity contribution in [1.29, 1.82) is 0 Å². The van der Waals surface area contributed by atoms with Gasteiger partial charge in [0, 0.05) is 23.4 Å². The minimum absolute atomic E-state index is 0.0533. The molecule has 0 saturated heterocycles. The van der Waals surface area contributed by atoms with Gasteiger partial charge in [0.15, 0.2) is 5.13 Å². The number of nitrogens with zero attached hydrogens (tertiary/aromatic N) is 1. The third-order valence-electron chi connectivity index (χ3n) is 4.30. The first-order chi connectivity index (χ1) is 12.0. The van der Waals surface area contributed by atoms with Crippen molar-refractivity contribution in [2.24, 2.45) is 11.7 Å². The van der Waals surface area contributed by atoms with Gasteiger partial charge in [-0.15, -0.1) is 11.3 Å². The SMILES string of the molecule is N[C@@H]1CCC[C@H]1CC(=O)Nc1nc(-c2ccccc2OC(F)F)cs1. The third kappa shape index (κ3) is 4.52. The van der Waals surface area contributed by atoms with Gasteiger partial charge < -0.3 is 15.8 Å². The molecule has 1 saturated carbocycles. The van der Waals surface area contributed by atoms with Crippen LogP contribution in [0.1, 0.15) is 25.7 Å². The fourth-order valence-electron chi connectivity index (χ4n) is 3.06. The molecule has 0 unspecified atom stereocenters. The molecule has 1 heterocycles. The number of aromatic nitrogens is 1. The third-order valence-corrected chi connectivity index (χ3v) is 5.05. The Morgan fingerprint density at radius 2 is 2.20 bits per heavy atom. The number of alkyl halides is 2. The maximum atomic E-state index is 12.5. The van der Waals surface area contributed by atoms with Crippen LogP contribution in [0.15, 0.2) is 29.6 Å². The van der Waals surface area contributed by atoms with Gasteiger partial charge in [0.05, 0.1) is 5.69 Å². The van der Waals surface area contributed by atoms with E-state index in [2.05, 4.69) is 15.0 Å². The van der Waals surface area contributed by atoms with E-state index in [0.717, 1.165) is 19.3 Å². The van der Waals surface area contributed by atoms with Gasteiger partial charge in [-0.2, -0.15) is 8.78 Å². The van der Waals surface area contributed by atoms with E-state index in [0.29, 0.717) is 22.8 Å². The summed E-state index contributed by atoms with van der Waals surface area (Å²) in [6.45, 7) is -2.91. The number of rotatable bonds is 6. The van der Waals surface area contributed by atoms with Crippen LogP contribution in [0.4, 0.5) is 13.9 Å². The molecule has 5 nitrogen and oxygen atoms in total. The Hall–Kier alpha value is -2.06. The van der Waals surface area contributed by atoms with Crippen LogP contribution in [0.25, 0.3) is 11.3 Å². The summed E-state index contributed by atoms with van der Waals surface area (Å²) in [6, 6.07) is 6.51. The first-order valence-corrected chi connectivity index (χ1v) is 8.96. The zero-order chi connectivity index (χ0) is 17.8. The van der Waals surface area contributed by atoms with E-state index >= 15 is 0 Å². The Morgan fingerprint density at radius 3 is 2.92 bits per heavy atom. The first kappa shape index (κ1) is 17.8. The molecular formula is C17H19F2N3O2S. The molecule has 1 aliphatic carbocycles. The second-order valence-electron chi connectivity index (χ2n) is 6.02. The van der Waals surface area contributed by atoms with E-state index < -0.39 is 6.61 Å². The van der Waals surface area contributed by atoms with Crippen LogP contribution in [-0.2, 0) is 4.79 Å². The molecule has 134 valence electrons. The molecule has 1 aliphatic rings. The molecule has 2 atom stereocenters. The van der Waals surface area contributed by atoms with Crippen molar-refractivity contribution in [3.63, 3.8) is 0 Å². The average molecular weight is 367 g/mol. The lowest BCUT2D eigenvalue weighted by Gasteiger charge is -2.13. The first-order valence-electron chi connectivity index (χ1n) is 8.08. The van der Waals surface area contributed by atoms with E-state index in [9.17, 15) is 13.6 Å². The zero-order valence-electron chi connectivity index (χ0n) is 13.5. The summed E-state index contributed by atoms with van der Waals surface area (Å²) in [6.07, 6.45) is 3.36. The van der Waals surface area contributed by atoms with Crippen molar-refractivity contribution in [1.82, 2.24) is 4.98 Å². The van der Waals surface area contributed by atoms with Crippen LogP contribution in [0, 0.1) is 5.92 Å². The van der Waals surface area contributed by atoms with Gasteiger partial charge in [-0.3, -0.25) is 4.79 Å². The van der Waals surface area contributed by atoms with Crippen LogP contribution in [0.5, 0.6) is 5.75 Å². The minimum atomic E-state index is -2.91. The fraction of sp³-hybridized carbons (Fsp3) is 0.412. The molecule has 3 rings (SSSR count). The Morgan fingerprint density at radius 1 is 1.40 bits per heavy atom. The topological polar surface area (TPSA) is 77.2 Å². The van der Waals surface area contributed by atoms with Crippen molar-refractivity contribution in [3.8, 4) is 17.0 Å². The number of nitrogens with two attached hydrogens (primary N) is 1. The smallest absolute Gasteiger partial charge is 0.387 e. The summed E-state index contributed by atoms with van der Waals surface area (Å²) in [4.78, 5) is 16.5. The predicted octanol–water partition coefficient (Wildman–Crippen LogP) is 3.87. The summed E-state index contributed by atoms with van der Waals surface area (Å²) in [5.41, 5.74) is 6.93. The number of nitrogens with one attached hydrogen (secondary N) is 1. The van der Waals surface area contributed by atoms with E-state index in [1.165, 1.54) is 17.4 Å². The van der Waals surface area contributed by atoms with Crippen LogP contribution in [-0.4, -0.2) is 23.5 Å². The van der Waals surface area contributed by atoms with Crippen molar-refractivity contribution in [2.75, 3.05) is 5.32 Å². The van der Waals surface area contributed by atoms with E-state index in [1.807, 2.05) is 0 Å². The number of hydrogen-bond acceptors (Lipinski definition) is 5. The van der Waals surface area contributed by atoms with Gasteiger partial charge in [-0.25, -0.2) is 4.98 Å². The molecule has 3 N–H and O–H groups in total. The molecule has 25 heavy (non-hydrogen) atoms. The lowest BCUT2D eigenvalue weighted by molar-refractivity contribution is -0.117. The molecule has 0 aliphatic heterocycles. The highest BCUT2D eigenvalue weighted by Gasteiger charge is 2.26. The van der Waals surface area contributed by atoms with Crippen molar-refractivity contribution in [2.45, 2.75) is 38.3 Å². The molecular weight excluding hydrogens is 348 g/mol. The molecule has 0 spiro atoms. The standard InChI is InChI=1S/C17H19F2N3O2S/c18-16(19)24-14-7-2-1-5-11(14)13-9-25-17(21-13)22-15(23)8-10-4-3-6-12(10)20/h1-2,5,7,9-10,12,16H,3-4,6,8,20H2,(H,21,22,23)/t10-,12+/m0/s1. The minimum Gasteiger partial charge on any atom is -0.434 e. The lowest BCUT2D eigenvalue weighted by Crippen LogP contribution is -2.28. The molecule has 2 aromatic rings. The number of thiazole rings is 1. The van der Waals surface area contributed by atoms with Crippen LogP contribution < -0.4 is 15.8 Å². The molecule has 1 aromatic heterocycles. The van der Waals surface area contributed by atoms with E-state index in [-0.39, 0.29) is 23.6 Å².